The van der Waals surface area contributed by atoms with Crippen molar-refractivity contribution in [3.05, 3.63) is 41.5 Å². The van der Waals surface area contributed by atoms with Gasteiger partial charge in [0.05, 0.1) is 19.8 Å². The van der Waals surface area contributed by atoms with Crippen LogP contribution in [-0.2, 0) is 9.47 Å². The second-order valence-electron chi connectivity index (χ2n) is 6.23. The van der Waals surface area contributed by atoms with Crippen LogP contribution >= 0.6 is 0 Å². The van der Waals surface area contributed by atoms with Crippen molar-refractivity contribution in [1.82, 2.24) is 0 Å². The molecule has 5 nitrogen and oxygen atoms in total. The molecule has 0 N–H and O–H groups in total. The summed E-state index contributed by atoms with van der Waals surface area (Å²) >= 11 is 0. The Morgan fingerprint density at radius 1 is 0.778 bits per heavy atom. The second-order valence-corrected chi connectivity index (χ2v) is 6.23. The highest BCUT2D eigenvalue weighted by Crippen LogP contribution is 2.42. The summed E-state index contributed by atoms with van der Waals surface area (Å²) in [5, 5.41) is 0. The molecule has 0 aromatic heterocycles. The Balaban J connectivity index is 2.49. The van der Waals surface area contributed by atoms with Gasteiger partial charge in [-0.1, -0.05) is 57.0 Å². The molecule has 0 aromatic carbocycles. The van der Waals surface area contributed by atoms with E-state index in [1.165, 1.54) is 0 Å². The van der Waals surface area contributed by atoms with Gasteiger partial charge in [-0.3, -0.25) is 0 Å². The first-order chi connectivity index (χ1) is 13.2. The molecular weight excluding hydrogens is 344 g/mol. The van der Waals surface area contributed by atoms with E-state index in [0.717, 1.165) is 19.3 Å². The van der Waals surface area contributed by atoms with Gasteiger partial charge in [-0.2, -0.15) is 0 Å². The number of hydrogen-bond donors (Lipinski definition) is 0. The summed E-state index contributed by atoms with van der Waals surface area (Å²) in [5.41, 5.74) is 1.84. The van der Waals surface area contributed by atoms with E-state index >= 15 is 0 Å². The first-order valence-corrected chi connectivity index (χ1v) is 9.67. The quantitative estimate of drug-likeness (QED) is 0.429. The van der Waals surface area contributed by atoms with Crippen molar-refractivity contribution >= 4 is 11.9 Å². The molecule has 2 rings (SSSR count). The van der Waals surface area contributed by atoms with Gasteiger partial charge < -0.3 is 14.2 Å². The normalized spacial score (nSPS) is 10.6. The smallest absolute Gasteiger partial charge is 0.342 e. The van der Waals surface area contributed by atoms with Gasteiger partial charge in [0.15, 0.2) is 0 Å². The number of esters is 2. The largest absolute Gasteiger partial charge is 0.492 e. The van der Waals surface area contributed by atoms with Crippen LogP contribution in [0.4, 0.5) is 0 Å². The maximum Gasteiger partial charge on any atom is 0.342 e. The molecule has 0 saturated heterocycles. The van der Waals surface area contributed by atoms with Crippen molar-refractivity contribution in [1.29, 1.82) is 0 Å². The molecule has 0 aromatic rings. The predicted octanol–water partition coefficient (Wildman–Crippen LogP) is 5.10. The van der Waals surface area contributed by atoms with E-state index in [0.29, 0.717) is 42.9 Å². The Labute approximate surface area is 161 Å². The van der Waals surface area contributed by atoms with Crippen LogP contribution in [0.2, 0.25) is 0 Å². The van der Waals surface area contributed by atoms with Crippen molar-refractivity contribution in [2.75, 3.05) is 19.8 Å². The van der Waals surface area contributed by atoms with Crippen molar-refractivity contribution in [3.63, 3.8) is 0 Å². The van der Waals surface area contributed by atoms with Gasteiger partial charge in [0.2, 0.25) is 0 Å². The van der Waals surface area contributed by atoms with Crippen LogP contribution in [-0.4, -0.2) is 31.8 Å². The van der Waals surface area contributed by atoms with Gasteiger partial charge in [0.1, 0.15) is 16.9 Å². The van der Waals surface area contributed by atoms with Crippen LogP contribution in [0.5, 0.6) is 5.75 Å². The second kappa shape index (κ2) is 10.6. The van der Waals surface area contributed by atoms with Crippen LogP contribution in [0, 0.1) is 0 Å². The third kappa shape index (κ3) is 5.00. The summed E-state index contributed by atoms with van der Waals surface area (Å²) in [7, 11) is 0. The molecule has 0 bridgehead atoms. The van der Waals surface area contributed by atoms with E-state index < -0.39 is 11.9 Å². The maximum absolute atomic E-state index is 12.8. The molecule has 2 aliphatic carbocycles. The summed E-state index contributed by atoms with van der Waals surface area (Å²) in [6.07, 6.45) is 3.57. The summed E-state index contributed by atoms with van der Waals surface area (Å²) in [4.78, 5) is 25.5. The lowest BCUT2D eigenvalue weighted by Crippen LogP contribution is -2.11. The average molecular weight is 372 g/mol. The lowest BCUT2D eigenvalue weighted by atomic mass is 10.1. The predicted molar refractivity (Wildman–Crippen MR) is 105 cm³/mol. The van der Waals surface area contributed by atoms with Gasteiger partial charge in [-0.25, -0.2) is 9.59 Å². The first kappa shape index (κ1) is 20.7. The molecule has 0 unspecified atom stereocenters. The molecule has 2 aliphatic rings. The minimum atomic E-state index is -0.485. The van der Waals surface area contributed by atoms with E-state index in [1.807, 2.05) is 32.0 Å². The molecule has 0 heterocycles. The van der Waals surface area contributed by atoms with Crippen LogP contribution in [0.15, 0.2) is 30.3 Å². The molecule has 146 valence electrons. The monoisotopic (exact) mass is 372 g/mol. The number of fused-ring (bicyclic) bond motifs is 1. The summed E-state index contributed by atoms with van der Waals surface area (Å²) < 4.78 is 16.5. The number of carbonyl (C=O) groups is 2. The molecule has 0 radical (unpaired) electrons. The fraction of sp³-hybridized carbons (Fsp3) is 0.455. The molecule has 0 saturated carbocycles. The number of carbonyl (C=O) groups excluding carboxylic acids is 2. The Hall–Kier alpha value is -2.56. The third-order valence-corrected chi connectivity index (χ3v) is 4.15. The molecule has 27 heavy (non-hydrogen) atoms. The molecule has 5 heteroatoms. The third-order valence-electron chi connectivity index (χ3n) is 4.15. The van der Waals surface area contributed by atoms with Crippen molar-refractivity contribution in [3.8, 4) is 16.9 Å². The summed E-state index contributed by atoms with van der Waals surface area (Å²) in [6, 6.07) is 9.10. The average Bonchev–Trinajstić information content (AvgIpc) is 2.80. The van der Waals surface area contributed by atoms with E-state index in [1.54, 1.807) is 12.1 Å². The van der Waals surface area contributed by atoms with Gasteiger partial charge in [0.25, 0.3) is 0 Å². The standard InChI is InChI=1S/C22H28O5/c1-4-7-11-15-27-22(24)19-17-13-10-8-9-12-16(17)18(20(19)25-6-3)21(23)26-14-5-2/h8-10,12-13H,4-7,11,14-15H2,1-3H3. The Morgan fingerprint density at radius 2 is 1.37 bits per heavy atom. The zero-order chi connectivity index (χ0) is 19.6. The van der Waals surface area contributed by atoms with Gasteiger partial charge in [-0.05, 0) is 19.8 Å². The van der Waals surface area contributed by atoms with Gasteiger partial charge in [0, 0.05) is 11.1 Å². The van der Waals surface area contributed by atoms with Crippen molar-refractivity contribution < 1.29 is 23.8 Å². The molecule has 0 amide bonds. The number of hydrogen-bond acceptors (Lipinski definition) is 5. The lowest BCUT2D eigenvalue weighted by Gasteiger charge is -2.09. The lowest BCUT2D eigenvalue weighted by molar-refractivity contribution is 0.0495. The fourth-order valence-corrected chi connectivity index (χ4v) is 2.90. The topological polar surface area (TPSA) is 61.8 Å². The molecule has 0 atom stereocenters. The first-order valence-electron chi connectivity index (χ1n) is 9.67. The highest BCUT2D eigenvalue weighted by Gasteiger charge is 2.33. The van der Waals surface area contributed by atoms with Crippen LogP contribution in [0.25, 0.3) is 11.1 Å². The maximum atomic E-state index is 12.8. The molecule has 0 spiro atoms. The van der Waals surface area contributed by atoms with E-state index in [-0.39, 0.29) is 11.3 Å². The van der Waals surface area contributed by atoms with E-state index in [2.05, 4.69) is 6.92 Å². The Kier molecular flexibility index (Phi) is 8.11. The molecule has 0 fully saturated rings. The van der Waals surface area contributed by atoms with Gasteiger partial charge >= 0.3 is 11.9 Å². The minimum Gasteiger partial charge on any atom is -0.492 e. The number of unbranched alkanes of at least 4 members (excludes halogenated alkanes) is 2. The highest BCUT2D eigenvalue weighted by molar-refractivity contribution is 6.12. The van der Waals surface area contributed by atoms with Crippen molar-refractivity contribution in [2.24, 2.45) is 0 Å². The van der Waals surface area contributed by atoms with Crippen LogP contribution < -0.4 is 4.74 Å². The zero-order valence-corrected chi connectivity index (χ0v) is 16.4. The highest BCUT2D eigenvalue weighted by atomic mass is 16.5. The van der Waals surface area contributed by atoms with Crippen molar-refractivity contribution in [2.45, 2.75) is 46.5 Å². The zero-order valence-electron chi connectivity index (χ0n) is 16.4. The Morgan fingerprint density at radius 3 is 1.89 bits per heavy atom. The van der Waals surface area contributed by atoms with Crippen LogP contribution in [0.1, 0.15) is 67.2 Å². The van der Waals surface area contributed by atoms with E-state index in [9.17, 15) is 9.59 Å². The van der Waals surface area contributed by atoms with E-state index in [4.69, 9.17) is 14.2 Å². The SMILES string of the molecule is CCCCCOC(=O)c1c2cccccc-2c(C(=O)OCCC)c1OCC. The molecular formula is C22H28O5. The minimum absolute atomic E-state index is 0.250. The van der Waals surface area contributed by atoms with Crippen LogP contribution in [0.3, 0.4) is 0 Å². The number of ether oxygens (including phenoxy) is 3. The number of rotatable bonds is 10. The summed E-state index contributed by atoms with van der Waals surface area (Å²) in [5.74, 6) is -0.706. The summed E-state index contributed by atoms with van der Waals surface area (Å²) in [6.45, 7) is 6.82. The van der Waals surface area contributed by atoms with Gasteiger partial charge in [-0.15, -0.1) is 0 Å². The molecule has 0 aliphatic heterocycles. The Bertz CT molecular complexity index is 738. The fourth-order valence-electron chi connectivity index (χ4n) is 2.90.